The number of nitrogens with zero attached hydrogens (tertiary/aromatic N) is 1. The standard InChI is InChI=1S/C29H30N2O3S/c1-21-26(32)31(28(35-21)19-17-23(18-20-28)22-11-5-2-6-12-22)30-27(33)29(34,24-13-7-3-8-14-24)25-15-9-4-10-16-25/h2-16,21,23,34H,17-20H2,1H3,(H,30,33). The predicted molar refractivity (Wildman–Crippen MR) is 138 cm³/mol. The third kappa shape index (κ3) is 4.26. The molecule has 2 aliphatic rings. The third-order valence-electron chi connectivity index (χ3n) is 7.33. The van der Waals surface area contributed by atoms with E-state index < -0.39 is 16.4 Å². The molecule has 2 fully saturated rings. The van der Waals surface area contributed by atoms with Gasteiger partial charge in [0.25, 0.3) is 11.8 Å². The van der Waals surface area contributed by atoms with E-state index in [2.05, 4.69) is 29.7 Å². The highest BCUT2D eigenvalue weighted by molar-refractivity contribution is 8.02. The van der Waals surface area contributed by atoms with Crippen LogP contribution in [-0.2, 0) is 15.2 Å². The van der Waals surface area contributed by atoms with E-state index in [0.717, 1.165) is 25.7 Å². The van der Waals surface area contributed by atoms with Crippen molar-refractivity contribution in [2.24, 2.45) is 0 Å². The van der Waals surface area contributed by atoms with Crippen molar-refractivity contribution in [1.29, 1.82) is 0 Å². The highest BCUT2D eigenvalue weighted by Crippen LogP contribution is 2.52. The summed E-state index contributed by atoms with van der Waals surface area (Å²) in [6, 6.07) is 28.3. The first-order chi connectivity index (χ1) is 16.9. The van der Waals surface area contributed by atoms with Crippen LogP contribution in [0.25, 0.3) is 0 Å². The Morgan fingerprint density at radius 1 is 0.914 bits per heavy atom. The molecule has 0 bridgehead atoms. The van der Waals surface area contributed by atoms with E-state index in [1.807, 2.05) is 25.1 Å². The molecule has 0 radical (unpaired) electrons. The van der Waals surface area contributed by atoms with Crippen LogP contribution in [0.2, 0.25) is 0 Å². The number of hydrogen-bond donors (Lipinski definition) is 2. The molecule has 1 aliphatic heterocycles. The molecule has 2 N–H and O–H groups in total. The maximum atomic E-state index is 13.8. The summed E-state index contributed by atoms with van der Waals surface area (Å²) in [7, 11) is 0. The summed E-state index contributed by atoms with van der Waals surface area (Å²) in [5, 5.41) is 13.1. The molecule has 6 heteroatoms. The molecule has 0 aromatic heterocycles. The molecular formula is C29H30N2O3S. The molecule has 180 valence electrons. The predicted octanol–water partition coefficient (Wildman–Crippen LogP) is 4.97. The van der Waals surface area contributed by atoms with Gasteiger partial charge in [0, 0.05) is 0 Å². The normalized spacial score (nSPS) is 24.5. The Morgan fingerprint density at radius 2 is 1.40 bits per heavy atom. The van der Waals surface area contributed by atoms with E-state index in [0.29, 0.717) is 17.0 Å². The van der Waals surface area contributed by atoms with Crippen molar-refractivity contribution < 1.29 is 14.7 Å². The first-order valence-electron chi connectivity index (χ1n) is 12.2. The van der Waals surface area contributed by atoms with Gasteiger partial charge in [0.15, 0.2) is 5.60 Å². The van der Waals surface area contributed by atoms with Gasteiger partial charge in [0.2, 0.25) is 0 Å². The maximum Gasteiger partial charge on any atom is 0.279 e. The van der Waals surface area contributed by atoms with Gasteiger partial charge in [-0.2, -0.15) is 0 Å². The Balaban J connectivity index is 1.43. The number of carbonyl (C=O) groups excluding carboxylic acids is 2. The second kappa shape index (κ2) is 9.51. The van der Waals surface area contributed by atoms with Gasteiger partial charge >= 0.3 is 0 Å². The largest absolute Gasteiger partial charge is 0.372 e. The highest BCUT2D eigenvalue weighted by atomic mass is 32.2. The average molecular weight is 487 g/mol. The molecule has 1 aliphatic carbocycles. The van der Waals surface area contributed by atoms with Crippen LogP contribution in [0.4, 0.5) is 0 Å². The van der Waals surface area contributed by atoms with Crippen molar-refractivity contribution in [2.45, 2.75) is 54.2 Å². The number of amides is 2. The first kappa shape index (κ1) is 23.6. The number of nitrogens with one attached hydrogen (secondary N) is 1. The fourth-order valence-electron chi connectivity index (χ4n) is 5.41. The van der Waals surface area contributed by atoms with E-state index in [-0.39, 0.29) is 11.2 Å². The molecule has 5 nitrogen and oxygen atoms in total. The van der Waals surface area contributed by atoms with E-state index in [9.17, 15) is 14.7 Å². The lowest BCUT2D eigenvalue weighted by molar-refractivity contribution is -0.152. The molecule has 1 saturated heterocycles. The molecule has 3 aromatic rings. The SMILES string of the molecule is CC1SC2(CCC(c3ccccc3)CC2)N(NC(=O)C(O)(c2ccccc2)c2ccccc2)C1=O. The van der Waals surface area contributed by atoms with Gasteiger partial charge in [-0.1, -0.05) is 91.0 Å². The minimum absolute atomic E-state index is 0.120. The lowest BCUT2D eigenvalue weighted by Gasteiger charge is -2.43. The molecule has 1 atom stereocenters. The molecule has 5 rings (SSSR count). The summed E-state index contributed by atoms with van der Waals surface area (Å²) < 4.78 is 0. The van der Waals surface area contributed by atoms with Crippen molar-refractivity contribution in [2.75, 3.05) is 0 Å². The highest BCUT2D eigenvalue weighted by Gasteiger charge is 2.54. The molecule has 1 spiro atoms. The minimum Gasteiger partial charge on any atom is -0.372 e. The Hall–Kier alpha value is -3.09. The number of aliphatic hydroxyl groups is 1. The Kier molecular flexibility index (Phi) is 6.43. The topological polar surface area (TPSA) is 69.6 Å². The van der Waals surface area contributed by atoms with E-state index >= 15 is 0 Å². The van der Waals surface area contributed by atoms with Crippen LogP contribution >= 0.6 is 11.8 Å². The molecule has 3 aromatic carbocycles. The summed E-state index contributed by atoms with van der Waals surface area (Å²) >= 11 is 1.63. The van der Waals surface area contributed by atoms with Crippen LogP contribution in [0.3, 0.4) is 0 Å². The lowest BCUT2D eigenvalue weighted by Crippen LogP contribution is -2.60. The average Bonchev–Trinajstić information content (AvgIpc) is 3.14. The first-order valence-corrected chi connectivity index (χ1v) is 13.0. The number of carbonyl (C=O) groups is 2. The van der Waals surface area contributed by atoms with Crippen LogP contribution in [0.5, 0.6) is 0 Å². The molecule has 1 saturated carbocycles. The number of benzene rings is 3. The van der Waals surface area contributed by atoms with Crippen molar-refractivity contribution in [3.8, 4) is 0 Å². The van der Waals surface area contributed by atoms with Crippen molar-refractivity contribution in [3.63, 3.8) is 0 Å². The molecular weight excluding hydrogens is 456 g/mol. The number of hydrazine groups is 1. The minimum atomic E-state index is -1.93. The quantitative estimate of drug-likeness (QED) is 0.534. The monoisotopic (exact) mass is 486 g/mol. The van der Waals surface area contributed by atoms with Crippen molar-refractivity contribution in [3.05, 3.63) is 108 Å². The Bertz CT molecular complexity index is 1140. The molecule has 35 heavy (non-hydrogen) atoms. The fraction of sp³-hybridized carbons (Fsp3) is 0.310. The van der Waals surface area contributed by atoms with Gasteiger partial charge < -0.3 is 5.11 Å². The molecule has 1 heterocycles. The third-order valence-corrected chi connectivity index (χ3v) is 8.92. The lowest BCUT2D eigenvalue weighted by atomic mass is 9.81. The molecule has 2 amide bonds. The fourth-order valence-corrected chi connectivity index (χ4v) is 6.99. The van der Waals surface area contributed by atoms with Crippen molar-refractivity contribution >= 4 is 23.6 Å². The van der Waals surface area contributed by atoms with Crippen LogP contribution in [0.15, 0.2) is 91.0 Å². The van der Waals surface area contributed by atoms with Gasteiger partial charge in [-0.05, 0) is 55.2 Å². The van der Waals surface area contributed by atoms with Gasteiger partial charge in [-0.15, -0.1) is 11.8 Å². The zero-order valence-corrected chi connectivity index (χ0v) is 20.6. The van der Waals surface area contributed by atoms with Crippen LogP contribution in [0.1, 0.15) is 55.2 Å². The van der Waals surface area contributed by atoms with Crippen LogP contribution < -0.4 is 5.43 Å². The second-order valence-electron chi connectivity index (χ2n) is 9.45. The Labute approximate surface area is 210 Å². The zero-order chi connectivity index (χ0) is 24.5. The van der Waals surface area contributed by atoms with E-state index in [4.69, 9.17) is 0 Å². The van der Waals surface area contributed by atoms with E-state index in [1.165, 1.54) is 10.6 Å². The smallest absolute Gasteiger partial charge is 0.279 e. The van der Waals surface area contributed by atoms with Crippen LogP contribution in [0, 0.1) is 0 Å². The molecule has 1 unspecified atom stereocenters. The van der Waals surface area contributed by atoms with Gasteiger partial charge in [0.1, 0.15) is 4.87 Å². The van der Waals surface area contributed by atoms with E-state index in [1.54, 1.807) is 60.3 Å². The number of thioether (sulfide) groups is 1. The summed E-state index contributed by atoms with van der Waals surface area (Å²) in [5.41, 5.74) is 3.19. The summed E-state index contributed by atoms with van der Waals surface area (Å²) in [6.07, 6.45) is 3.43. The summed E-state index contributed by atoms with van der Waals surface area (Å²) in [5.74, 6) is -0.302. The van der Waals surface area contributed by atoms with Crippen molar-refractivity contribution in [1.82, 2.24) is 10.4 Å². The Morgan fingerprint density at radius 3 is 1.91 bits per heavy atom. The van der Waals surface area contributed by atoms with Gasteiger partial charge in [0.05, 0.1) is 5.25 Å². The maximum absolute atomic E-state index is 13.8. The zero-order valence-electron chi connectivity index (χ0n) is 19.8. The van der Waals surface area contributed by atoms with Crippen LogP contribution in [-0.4, -0.2) is 32.1 Å². The van der Waals surface area contributed by atoms with Gasteiger partial charge in [-0.3, -0.25) is 15.0 Å². The summed E-state index contributed by atoms with van der Waals surface area (Å²) in [4.78, 5) is 26.6. The second-order valence-corrected chi connectivity index (χ2v) is 11.2. The number of rotatable bonds is 5. The summed E-state index contributed by atoms with van der Waals surface area (Å²) in [6.45, 7) is 1.89. The number of hydrogen-bond acceptors (Lipinski definition) is 4. The van der Waals surface area contributed by atoms with Gasteiger partial charge in [-0.25, -0.2) is 5.01 Å².